The fourth-order valence-electron chi connectivity index (χ4n) is 1.74. The van der Waals surface area contributed by atoms with Gasteiger partial charge in [-0.3, -0.25) is 0 Å². The third kappa shape index (κ3) is 1.65. The lowest BCUT2D eigenvalue weighted by Crippen LogP contribution is -1.91. The first-order chi connectivity index (χ1) is 6.33. The molecule has 68 valence electrons. The fourth-order valence-corrected chi connectivity index (χ4v) is 1.74. The maximum Gasteiger partial charge on any atom is 0.0465 e. The highest BCUT2D eigenvalue weighted by atomic mass is 16.3. The van der Waals surface area contributed by atoms with Crippen molar-refractivity contribution in [2.45, 2.75) is 6.42 Å². The molecule has 1 heteroatoms. The standard InChI is InChI=1S/C12H14O/c1-9(12-7-11(12)8-13)10-5-3-2-4-6-10/h2-6,11-13H,1,7-8H2/t11-,12-/m0/s1. The lowest BCUT2D eigenvalue weighted by molar-refractivity contribution is 0.273. The Labute approximate surface area is 78.7 Å². The van der Waals surface area contributed by atoms with Crippen molar-refractivity contribution >= 4 is 5.57 Å². The van der Waals surface area contributed by atoms with E-state index in [2.05, 4.69) is 18.7 Å². The highest BCUT2D eigenvalue weighted by Gasteiger charge is 2.38. The van der Waals surface area contributed by atoms with Crippen molar-refractivity contribution in [2.24, 2.45) is 11.8 Å². The molecule has 1 aromatic rings. The second-order valence-electron chi connectivity index (χ2n) is 3.68. The zero-order valence-corrected chi connectivity index (χ0v) is 7.61. The van der Waals surface area contributed by atoms with Crippen molar-refractivity contribution in [3.8, 4) is 0 Å². The van der Waals surface area contributed by atoms with Gasteiger partial charge in [0.15, 0.2) is 0 Å². The predicted molar refractivity (Wildman–Crippen MR) is 54.2 cm³/mol. The van der Waals surface area contributed by atoms with Crippen LogP contribution in [-0.2, 0) is 0 Å². The van der Waals surface area contributed by atoms with Crippen molar-refractivity contribution in [3.05, 3.63) is 42.5 Å². The Hall–Kier alpha value is -1.08. The van der Waals surface area contributed by atoms with Gasteiger partial charge in [0.25, 0.3) is 0 Å². The molecule has 0 bridgehead atoms. The van der Waals surface area contributed by atoms with E-state index in [9.17, 15) is 0 Å². The van der Waals surface area contributed by atoms with Crippen molar-refractivity contribution in [2.75, 3.05) is 6.61 Å². The highest BCUT2D eigenvalue weighted by Crippen LogP contribution is 2.46. The van der Waals surface area contributed by atoms with E-state index >= 15 is 0 Å². The topological polar surface area (TPSA) is 20.2 Å². The van der Waals surface area contributed by atoms with Crippen LogP contribution in [0.2, 0.25) is 0 Å². The van der Waals surface area contributed by atoms with E-state index in [1.807, 2.05) is 18.2 Å². The first-order valence-corrected chi connectivity index (χ1v) is 4.68. The molecule has 1 nitrogen and oxygen atoms in total. The minimum absolute atomic E-state index is 0.302. The molecule has 1 saturated carbocycles. The number of allylic oxidation sites excluding steroid dienone is 1. The summed E-state index contributed by atoms with van der Waals surface area (Å²) in [5.41, 5.74) is 2.39. The number of hydrogen-bond donors (Lipinski definition) is 1. The maximum atomic E-state index is 8.93. The molecule has 1 aliphatic rings. The lowest BCUT2D eigenvalue weighted by Gasteiger charge is -2.03. The van der Waals surface area contributed by atoms with Crippen LogP contribution in [0.25, 0.3) is 5.57 Å². The molecule has 0 heterocycles. The van der Waals surface area contributed by atoms with Crippen LogP contribution < -0.4 is 0 Å². The van der Waals surface area contributed by atoms with Crippen LogP contribution >= 0.6 is 0 Å². The van der Waals surface area contributed by atoms with Crippen molar-refractivity contribution in [1.82, 2.24) is 0 Å². The summed E-state index contributed by atoms with van der Waals surface area (Å²) in [6.07, 6.45) is 1.10. The zero-order valence-electron chi connectivity index (χ0n) is 7.61. The van der Waals surface area contributed by atoms with E-state index in [1.54, 1.807) is 0 Å². The minimum Gasteiger partial charge on any atom is -0.396 e. The van der Waals surface area contributed by atoms with E-state index in [4.69, 9.17) is 5.11 Å². The van der Waals surface area contributed by atoms with E-state index in [-0.39, 0.29) is 0 Å². The molecule has 0 unspecified atom stereocenters. The zero-order chi connectivity index (χ0) is 9.26. The van der Waals surface area contributed by atoms with Gasteiger partial charge in [0, 0.05) is 6.61 Å². The van der Waals surface area contributed by atoms with Crippen LogP contribution in [0.3, 0.4) is 0 Å². The number of rotatable bonds is 3. The Balaban J connectivity index is 2.07. The van der Waals surface area contributed by atoms with E-state index < -0.39 is 0 Å². The molecular weight excluding hydrogens is 160 g/mol. The molecule has 0 radical (unpaired) electrons. The monoisotopic (exact) mass is 174 g/mol. The second kappa shape index (κ2) is 3.35. The second-order valence-corrected chi connectivity index (χ2v) is 3.68. The number of benzene rings is 1. The average Bonchev–Trinajstić information content (AvgIpc) is 2.97. The molecule has 13 heavy (non-hydrogen) atoms. The lowest BCUT2D eigenvalue weighted by atomic mass is 10.0. The van der Waals surface area contributed by atoms with Gasteiger partial charge in [-0.1, -0.05) is 36.9 Å². The minimum atomic E-state index is 0.302. The van der Waals surface area contributed by atoms with Gasteiger partial charge < -0.3 is 5.11 Å². The Morgan fingerprint density at radius 1 is 1.38 bits per heavy atom. The van der Waals surface area contributed by atoms with Crippen molar-refractivity contribution in [1.29, 1.82) is 0 Å². The predicted octanol–water partition coefficient (Wildman–Crippen LogP) is 2.33. The molecule has 1 N–H and O–H groups in total. The van der Waals surface area contributed by atoms with Gasteiger partial charge in [0.1, 0.15) is 0 Å². The first-order valence-electron chi connectivity index (χ1n) is 4.68. The number of aliphatic hydroxyl groups is 1. The van der Waals surface area contributed by atoms with Crippen LogP contribution in [0.15, 0.2) is 36.9 Å². The molecule has 0 spiro atoms. The largest absolute Gasteiger partial charge is 0.396 e. The number of aliphatic hydroxyl groups excluding tert-OH is 1. The van der Waals surface area contributed by atoms with Gasteiger partial charge in [-0.05, 0) is 29.4 Å². The van der Waals surface area contributed by atoms with E-state index in [1.165, 1.54) is 11.1 Å². The van der Waals surface area contributed by atoms with Crippen LogP contribution in [0.5, 0.6) is 0 Å². The summed E-state index contributed by atoms with van der Waals surface area (Å²) in [5, 5.41) is 8.93. The van der Waals surface area contributed by atoms with Gasteiger partial charge >= 0.3 is 0 Å². The summed E-state index contributed by atoms with van der Waals surface area (Å²) in [5.74, 6) is 0.986. The molecule has 0 saturated heterocycles. The molecule has 0 aromatic heterocycles. The summed E-state index contributed by atoms with van der Waals surface area (Å²) in [7, 11) is 0. The summed E-state index contributed by atoms with van der Waals surface area (Å²) in [6, 6.07) is 10.2. The van der Waals surface area contributed by atoms with Crippen LogP contribution in [0.1, 0.15) is 12.0 Å². The van der Waals surface area contributed by atoms with Gasteiger partial charge in [0.2, 0.25) is 0 Å². The Morgan fingerprint density at radius 3 is 2.62 bits per heavy atom. The molecular formula is C12H14O. The SMILES string of the molecule is C=C(c1ccccc1)[C@@H]1C[C@H]1CO. The van der Waals surface area contributed by atoms with E-state index in [0.717, 1.165) is 6.42 Å². The summed E-state index contributed by atoms with van der Waals surface area (Å²) >= 11 is 0. The molecule has 0 aliphatic heterocycles. The van der Waals surface area contributed by atoms with E-state index in [0.29, 0.717) is 18.4 Å². The Bertz CT molecular complexity index is 302. The summed E-state index contributed by atoms with van der Waals surface area (Å²) < 4.78 is 0. The summed E-state index contributed by atoms with van der Waals surface area (Å²) in [6.45, 7) is 4.38. The van der Waals surface area contributed by atoms with Crippen LogP contribution in [0.4, 0.5) is 0 Å². The van der Waals surface area contributed by atoms with Gasteiger partial charge in [0.05, 0.1) is 0 Å². The third-order valence-electron chi connectivity index (χ3n) is 2.75. The number of hydrogen-bond acceptors (Lipinski definition) is 1. The quantitative estimate of drug-likeness (QED) is 0.745. The van der Waals surface area contributed by atoms with Crippen molar-refractivity contribution < 1.29 is 5.11 Å². The molecule has 2 rings (SSSR count). The Morgan fingerprint density at radius 2 is 2.08 bits per heavy atom. The maximum absolute atomic E-state index is 8.93. The normalized spacial score (nSPS) is 25.6. The Kier molecular flexibility index (Phi) is 2.19. The smallest absolute Gasteiger partial charge is 0.0465 e. The molecule has 1 aromatic carbocycles. The highest BCUT2D eigenvalue weighted by molar-refractivity contribution is 5.67. The van der Waals surface area contributed by atoms with Gasteiger partial charge in [-0.15, -0.1) is 0 Å². The van der Waals surface area contributed by atoms with Gasteiger partial charge in [-0.25, -0.2) is 0 Å². The molecule has 1 fully saturated rings. The first kappa shape index (κ1) is 8.52. The van der Waals surface area contributed by atoms with Crippen LogP contribution in [-0.4, -0.2) is 11.7 Å². The third-order valence-corrected chi connectivity index (χ3v) is 2.75. The van der Waals surface area contributed by atoms with Crippen molar-refractivity contribution in [3.63, 3.8) is 0 Å². The fraction of sp³-hybridized carbons (Fsp3) is 0.333. The van der Waals surface area contributed by atoms with Crippen LogP contribution in [0, 0.1) is 11.8 Å². The molecule has 2 atom stereocenters. The molecule has 0 amide bonds. The average molecular weight is 174 g/mol. The summed E-state index contributed by atoms with van der Waals surface area (Å²) in [4.78, 5) is 0. The molecule has 1 aliphatic carbocycles. The van der Waals surface area contributed by atoms with Gasteiger partial charge in [-0.2, -0.15) is 0 Å².